The molecule has 35 heavy (non-hydrogen) atoms. The van der Waals surface area contributed by atoms with Crippen molar-refractivity contribution in [1.82, 2.24) is 9.38 Å². The Bertz CT molecular complexity index is 1420. The summed E-state index contributed by atoms with van der Waals surface area (Å²) in [5.74, 6) is -1.28. The highest BCUT2D eigenvalue weighted by Gasteiger charge is 2.74. The van der Waals surface area contributed by atoms with Gasteiger partial charge in [0, 0.05) is 30.5 Å². The van der Waals surface area contributed by atoms with E-state index >= 15 is 0 Å². The minimum absolute atomic E-state index is 0.103. The van der Waals surface area contributed by atoms with Crippen LogP contribution < -0.4 is 15.8 Å². The van der Waals surface area contributed by atoms with Gasteiger partial charge in [-0.25, -0.2) is 9.78 Å². The lowest BCUT2D eigenvalue weighted by Gasteiger charge is -2.26. The first-order chi connectivity index (χ1) is 16.4. The van der Waals surface area contributed by atoms with Gasteiger partial charge in [0.1, 0.15) is 11.5 Å². The lowest BCUT2D eigenvalue weighted by molar-refractivity contribution is -0.184. The highest BCUT2D eigenvalue weighted by atomic mass is 19.4. The number of benzene rings is 1. The predicted octanol–water partition coefficient (Wildman–Crippen LogP) is 4.57. The SMILES string of the molecule is Cc1cc([C@@H](C)Nc2ccccc2C(=O)O)c2nc(N3CC4CC4(C(F)(F)F)C3)c(C)c(=O)n2c1. The standard InChI is InChI=1S/C25H25F3N4O3/c1-13-8-18(15(3)29-19-7-5-4-6-17(19)23(34)35)21-30-20(14(2)22(33)32(21)10-13)31-11-16-9-24(16,12-31)25(26,27)28/h4-8,10,15-16,29H,9,11-12H2,1-3H3,(H,34,35)/t15-,16?,24?/m1/s1. The third-order valence-electron chi connectivity index (χ3n) is 7.29. The number of rotatable bonds is 5. The molecule has 2 fully saturated rings. The van der Waals surface area contributed by atoms with E-state index in [1.807, 2.05) is 19.9 Å². The zero-order chi connectivity index (χ0) is 25.3. The number of nitrogens with zero attached hydrogens (tertiary/aromatic N) is 3. The van der Waals surface area contributed by atoms with E-state index in [4.69, 9.17) is 4.98 Å². The van der Waals surface area contributed by atoms with Gasteiger partial charge in [0.05, 0.1) is 22.6 Å². The quantitative estimate of drug-likeness (QED) is 0.550. The van der Waals surface area contributed by atoms with Crippen LogP contribution in [-0.4, -0.2) is 39.7 Å². The Morgan fingerprint density at radius 1 is 1.29 bits per heavy atom. The number of pyridine rings is 1. The maximum absolute atomic E-state index is 13.7. The number of hydrogen-bond acceptors (Lipinski definition) is 5. The second-order valence-electron chi connectivity index (χ2n) is 9.68. The average molecular weight is 486 g/mol. The Hall–Kier alpha value is -3.56. The highest BCUT2D eigenvalue weighted by molar-refractivity contribution is 5.94. The average Bonchev–Trinajstić information content (AvgIpc) is 3.37. The molecule has 1 aliphatic carbocycles. The molecule has 2 aliphatic rings. The van der Waals surface area contributed by atoms with Gasteiger partial charge in [-0.15, -0.1) is 0 Å². The van der Waals surface area contributed by atoms with E-state index in [1.165, 1.54) is 10.5 Å². The Morgan fingerprint density at radius 3 is 2.66 bits per heavy atom. The van der Waals surface area contributed by atoms with Gasteiger partial charge in [-0.2, -0.15) is 13.2 Å². The van der Waals surface area contributed by atoms with E-state index in [2.05, 4.69) is 5.32 Å². The Balaban J connectivity index is 1.58. The number of hydrogen-bond donors (Lipinski definition) is 2. The molecule has 0 bridgehead atoms. The van der Waals surface area contributed by atoms with Crippen molar-refractivity contribution >= 4 is 23.1 Å². The Morgan fingerprint density at radius 2 is 2.00 bits per heavy atom. The minimum atomic E-state index is -4.29. The molecule has 10 heteroatoms. The summed E-state index contributed by atoms with van der Waals surface area (Å²) >= 11 is 0. The number of alkyl halides is 3. The van der Waals surface area contributed by atoms with Crippen molar-refractivity contribution in [1.29, 1.82) is 0 Å². The van der Waals surface area contributed by atoms with Crippen molar-refractivity contribution in [2.24, 2.45) is 11.3 Å². The van der Waals surface area contributed by atoms with Crippen LogP contribution in [0, 0.1) is 25.2 Å². The summed E-state index contributed by atoms with van der Waals surface area (Å²) in [5, 5.41) is 12.7. The molecular formula is C25H25F3N4O3. The largest absolute Gasteiger partial charge is 0.478 e. The fourth-order valence-corrected chi connectivity index (χ4v) is 5.30. The van der Waals surface area contributed by atoms with Crippen LogP contribution in [0.5, 0.6) is 0 Å². The van der Waals surface area contributed by atoms with Crippen molar-refractivity contribution in [2.45, 2.75) is 39.4 Å². The van der Waals surface area contributed by atoms with Crippen LogP contribution >= 0.6 is 0 Å². The van der Waals surface area contributed by atoms with Crippen LogP contribution in [0.3, 0.4) is 0 Å². The molecule has 2 aromatic heterocycles. The lowest BCUT2D eigenvalue weighted by atomic mass is 10.1. The van der Waals surface area contributed by atoms with Crippen molar-refractivity contribution in [3.63, 3.8) is 0 Å². The number of fused-ring (bicyclic) bond motifs is 2. The summed E-state index contributed by atoms with van der Waals surface area (Å²) in [6.45, 7) is 5.25. The number of para-hydroxylation sites is 1. The maximum Gasteiger partial charge on any atom is 0.396 e. The number of halogens is 3. The number of anilines is 2. The normalized spacial score (nSPS) is 22.2. The number of carboxylic acids is 1. The molecule has 3 heterocycles. The van der Waals surface area contributed by atoms with Crippen molar-refractivity contribution in [3.8, 4) is 0 Å². The van der Waals surface area contributed by atoms with Crippen LogP contribution in [0.25, 0.3) is 5.65 Å². The highest BCUT2D eigenvalue weighted by Crippen LogP contribution is 2.66. The molecule has 0 amide bonds. The molecule has 1 aliphatic heterocycles. The number of carboxylic acid groups (broad SMARTS) is 1. The maximum atomic E-state index is 13.7. The zero-order valence-corrected chi connectivity index (χ0v) is 19.5. The lowest BCUT2D eigenvalue weighted by Crippen LogP contribution is -2.35. The molecule has 2 N–H and O–H groups in total. The molecule has 7 nitrogen and oxygen atoms in total. The van der Waals surface area contributed by atoms with E-state index in [9.17, 15) is 27.9 Å². The van der Waals surface area contributed by atoms with Gasteiger partial charge in [-0.1, -0.05) is 12.1 Å². The second-order valence-corrected chi connectivity index (χ2v) is 9.68. The predicted molar refractivity (Wildman–Crippen MR) is 125 cm³/mol. The number of nitrogens with one attached hydrogen (secondary N) is 1. The fourth-order valence-electron chi connectivity index (χ4n) is 5.30. The molecule has 184 valence electrons. The van der Waals surface area contributed by atoms with Crippen molar-refractivity contribution in [2.75, 3.05) is 23.3 Å². The number of piperidine rings is 1. The van der Waals surface area contributed by atoms with Gasteiger partial charge in [0.15, 0.2) is 0 Å². The van der Waals surface area contributed by atoms with Crippen molar-refractivity contribution in [3.05, 3.63) is 69.1 Å². The van der Waals surface area contributed by atoms with E-state index in [-0.39, 0.29) is 36.5 Å². The van der Waals surface area contributed by atoms with Crippen LogP contribution in [0.1, 0.15) is 46.4 Å². The van der Waals surface area contributed by atoms with Gasteiger partial charge in [0.25, 0.3) is 5.56 Å². The summed E-state index contributed by atoms with van der Waals surface area (Å²) in [7, 11) is 0. The number of carbonyl (C=O) groups is 1. The Labute approximate surface area is 199 Å². The molecule has 3 atom stereocenters. The van der Waals surface area contributed by atoms with E-state index < -0.39 is 29.5 Å². The second kappa shape index (κ2) is 7.73. The van der Waals surface area contributed by atoms with Crippen LogP contribution in [0.2, 0.25) is 0 Å². The first kappa shape index (κ1) is 23.2. The number of aromatic nitrogens is 2. The van der Waals surface area contributed by atoms with Gasteiger partial charge < -0.3 is 15.3 Å². The Kier molecular flexibility index (Phi) is 5.12. The molecule has 0 radical (unpaired) electrons. The van der Waals surface area contributed by atoms with Gasteiger partial charge in [-0.3, -0.25) is 9.20 Å². The van der Waals surface area contributed by atoms with E-state index in [0.29, 0.717) is 22.5 Å². The van der Waals surface area contributed by atoms with Gasteiger partial charge >= 0.3 is 12.1 Å². The molecule has 3 aromatic rings. The number of aryl methyl sites for hydroxylation is 1. The monoisotopic (exact) mass is 486 g/mol. The minimum Gasteiger partial charge on any atom is -0.478 e. The summed E-state index contributed by atoms with van der Waals surface area (Å²) in [6.07, 6.45) is -2.51. The summed E-state index contributed by atoms with van der Waals surface area (Å²) in [4.78, 5) is 31.2. The third kappa shape index (κ3) is 3.62. The van der Waals surface area contributed by atoms with Gasteiger partial charge in [-0.05, 0) is 56.9 Å². The summed E-state index contributed by atoms with van der Waals surface area (Å²) in [6, 6.07) is 7.90. The summed E-state index contributed by atoms with van der Waals surface area (Å²) in [5.41, 5.74) is 0.526. The number of aromatic carboxylic acids is 1. The molecule has 1 aromatic carbocycles. The van der Waals surface area contributed by atoms with Crippen LogP contribution in [0.15, 0.2) is 41.3 Å². The molecule has 2 unspecified atom stereocenters. The zero-order valence-electron chi connectivity index (χ0n) is 19.5. The first-order valence-corrected chi connectivity index (χ1v) is 11.4. The van der Waals surface area contributed by atoms with Crippen LogP contribution in [0.4, 0.5) is 24.7 Å². The molecular weight excluding hydrogens is 461 g/mol. The van der Waals surface area contributed by atoms with Crippen molar-refractivity contribution < 1.29 is 23.1 Å². The smallest absolute Gasteiger partial charge is 0.396 e. The van der Waals surface area contributed by atoms with E-state index in [0.717, 1.165) is 5.56 Å². The molecule has 1 saturated carbocycles. The fraction of sp³-hybridized carbons (Fsp3) is 0.400. The first-order valence-electron chi connectivity index (χ1n) is 11.4. The molecule has 5 rings (SSSR count). The molecule has 0 spiro atoms. The third-order valence-corrected chi connectivity index (χ3v) is 7.29. The van der Waals surface area contributed by atoms with E-state index in [1.54, 1.807) is 36.2 Å². The summed E-state index contributed by atoms with van der Waals surface area (Å²) < 4.78 is 42.4. The van der Waals surface area contributed by atoms with Gasteiger partial charge in [0.2, 0.25) is 0 Å². The topological polar surface area (TPSA) is 86.9 Å². The van der Waals surface area contributed by atoms with Crippen LogP contribution in [-0.2, 0) is 0 Å². The molecule has 1 saturated heterocycles.